The van der Waals surface area contributed by atoms with Crippen LogP contribution in [-0.2, 0) is 15.9 Å². The molecule has 12 heavy (non-hydrogen) atoms. The Labute approximate surface area is 84.9 Å². The van der Waals surface area contributed by atoms with Crippen molar-refractivity contribution >= 4 is 9.42 Å². The second-order valence-electron chi connectivity index (χ2n) is 4.74. The second-order valence-corrected chi connectivity index (χ2v) is 9.89. The Bertz CT molecular complexity index is 204. The van der Waals surface area contributed by atoms with Crippen LogP contribution in [-0.4, -0.2) is 11.1 Å². The van der Waals surface area contributed by atoms with Crippen molar-refractivity contribution in [3.8, 4) is 0 Å². The normalized spacial score (nSPS) is 15.4. The summed E-state index contributed by atoms with van der Waals surface area (Å²) in [6, 6.07) is 0. The van der Waals surface area contributed by atoms with E-state index < -0.39 is 15.9 Å². The van der Waals surface area contributed by atoms with Crippen molar-refractivity contribution in [3.05, 3.63) is 0 Å². The van der Waals surface area contributed by atoms with E-state index in [-0.39, 0.29) is 11.1 Å². The molecule has 0 aliphatic carbocycles. The quantitative estimate of drug-likeness (QED) is 0.628. The number of halogens is 1. The maximum absolute atomic E-state index is 6.11. The Hall–Kier alpha value is 0.578. The molecule has 2 nitrogen and oxygen atoms in total. The molecule has 73 valence electrons. The minimum atomic E-state index is -2.25. The molecule has 0 aliphatic rings. The first-order valence-corrected chi connectivity index (χ1v) is 10.2. The zero-order chi connectivity index (χ0) is 9.99. The summed E-state index contributed by atoms with van der Waals surface area (Å²) in [7, 11) is 6.11. The average molecular weight is 362 g/mol. The van der Waals surface area contributed by atoms with Gasteiger partial charge in [-0.3, -0.25) is 0 Å². The Morgan fingerprint density at radius 3 is 1.25 bits per heavy atom. The van der Waals surface area contributed by atoms with Crippen molar-refractivity contribution in [1.29, 1.82) is 0 Å². The molecule has 0 amide bonds. The molecule has 4 heteroatoms. The van der Waals surface area contributed by atoms with Gasteiger partial charge in [0.25, 0.3) is 0 Å². The standard InChI is InChI=1S/2C4H9N.ClH.W/c2*1-4(2,3)5;;/h2*1-3H3;1H;/q;;;+1/p-1. The van der Waals surface area contributed by atoms with E-state index in [1.165, 1.54) is 0 Å². The van der Waals surface area contributed by atoms with Crippen LogP contribution in [0.15, 0.2) is 6.99 Å². The summed E-state index contributed by atoms with van der Waals surface area (Å²) >= 11 is -2.25. The predicted octanol–water partition coefficient (Wildman–Crippen LogP) is 3.72. The van der Waals surface area contributed by atoms with E-state index in [0.29, 0.717) is 0 Å². The zero-order valence-corrected chi connectivity index (χ0v) is 12.4. The van der Waals surface area contributed by atoms with Gasteiger partial charge in [0.05, 0.1) is 0 Å². The van der Waals surface area contributed by atoms with E-state index in [9.17, 15) is 0 Å². The third-order valence-electron chi connectivity index (χ3n) is 0.698. The second kappa shape index (κ2) is 4.19. The monoisotopic (exact) mass is 361 g/mol. The molecule has 0 spiro atoms. The van der Waals surface area contributed by atoms with Gasteiger partial charge in [-0.15, -0.1) is 0 Å². The van der Waals surface area contributed by atoms with Gasteiger partial charge in [0.15, 0.2) is 0 Å². The van der Waals surface area contributed by atoms with Crippen molar-refractivity contribution in [1.82, 2.24) is 0 Å². The van der Waals surface area contributed by atoms with E-state index in [2.05, 4.69) is 48.5 Å². The molecule has 0 heterocycles. The molecule has 0 aromatic rings. The molecule has 0 saturated heterocycles. The van der Waals surface area contributed by atoms with Crippen molar-refractivity contribution in [2.24, 2.45) is 6.99 Å². The SMILES string of the molecule is CC(C)(C)[N]=[W]([Cl])=[N]C(C)(C)C. The number of rotatable bonds is 0. The molecular formula is C8H18ClN2W. The van der Waals surface area contributed by atoms with E-state index in [1.54, 1.807) is 0 Å². The minimum absolute atomic E-state index is 0.0235. The first kappa shape index (κ1) is 12.6. The van der Waals surface area contributed by atoms with Gasteiger partial charge in [-0.1, -0.05) is 0 Å². The van der Waals surface area contributed by atoms with E-state index >= 15 is 0 Å². The average Bonchev–Trinajstić information content (AvgIpc) is 1.49. The summed E-state index contributed by atoms with van der Waals surface area (Å²) in [5.74, 6) is 0. The Morgan fingerprint density at radius 1 is 0.833 bits per heavy atom. The van der Waals surface area contributed by atoms with Gasteiger partial charge in [0.1, 0.15) is 0 Å². The van der Waals surface area contributed by atoms with Crippen LogP contribution < -0.4 is 0 Å². The van der Waals surface area contributed by atoms with Crippen molar-refractivity contribution < 1.29 is 15.9 Å². The van der Waals surface area contributed by atoms with Crippen LogP contribution in [0, 0.1) is 0 Å². The van der Waals surface area contributed by atoms with Crippen LogP contribution in [0.1, 0.15) is 41.5 Å². The molecule has 0 saturated carbocycles. The Morgan fingerprint density at radius 2 is 1.08 bits per heavy atom. The van der Waals surface area contributed by atoms with Crippen LogP contribution in [0.3, 0.4) is 0 Å². The number of hydrogen-bond acceptors (Lipinski definition) is 2. The Balaban J connectivity index is 4.71. The van der Waals surface area contributed by atoms with Crippen molar-refractivity contribution in [2.75, 3.05) is 0 Å². The Kier molecular flexibility index (Phi) is 4.40. The molecule has 0 aromatic carbocycles. The van der Waals surface area contributed by atoms with Gasteiger partial charge >= 0.3 is 84.9 Å². The summed E-state index contributed by atoms with van der Waals surface area (Å²) in [6.45, 7) is 12.4. The van der Waals surface area contributed by atoms with E-state index in [1.807, 2.05) is 0 Å². The molecule has 0 aromatic heterocycles. The van der Waals surface area contributed by atoms with Crippen molar-refractivity contribution in [2.45, 2.75) is 52.6 Å². The molecule has 0 fully saturated rings. The summed E-state index contributed by atoms with van der Waals surface area (Å²) in [5, 5.41) is 0. The summed E-state index contributed by atoms with van der Waals surface area (Å²) in [4.78, 5) is 0. The fraction of sp³-hybridized carbons (Fsp3) is 1.00. The van der Waals surface area contributed by atoms with Gasteiger partial charge in [-0.05, 0) is 0 Å². The summed E-state index contributed by atoms with van der Waals surface area (Å²) < 4.78 is 8.98. The van der Waals surface area contributed by atoms with E-state index in [0.717, 1.165) is 0 Å². The van der Waals surface area contributed by atoms with Gasteiger partial charge in [0.2, 0.25) is 0 Å². The first-order valence-electron chi connectivity index (χ1n) is 3.97. The fourth-order valence-corrected chi connectivity index (χ4v) is 7.26. The third kappa shape index (κ3) is 8.67. The van der Waals surface area contributed by atoms with Gasteiger partial charge < -0.3 is 0 Å². The van der Waals surface area contributed by atoms with Crippen LogP contribution in [0.4, 0.5) is 0 Å². The zero-order valence-electron chi connectivity index (χ0n) is 8.68. The molecule has 0 bridgehead atoms. The first-order chi connectivity index (χ1) is 5.10. The molecule has 0 unspecified atom stereocenters. The molecule has 0 atom stereocenters. The molecular weight excluding hydrogens is 343 g/mol. The molecule has 0 N–H and O–H groups in total. The van der Waals surface area contributed by atoms with Crippen molar-refractivity contribution in [3.63, 3.8) is 0 Å². The van der Waals surface area contributed by atoms with Crippen LogP contribution >= 0.6 is 9.42 Å². The maximum atomic E-state index is 6.11. The molecule has 0 rings (SSSR count). The number of nitrogens with zero attached hydrogens (tertiary/aromatic N) is 2. The van der Waals surface area contributed by atoms with Crippen LogP contribution in [0.2, 0.25) is 0 Å². The van der Waals surface area contributed by atoms with Gasteiger partial charge in [-0.2, -0.15) is 0 Å². The molecule has 0 radical (unpaired) electrons. The topological polar surface area (TPSA) is 24.7 Å². The third-order valence-corrected chi connectivity index (χ3v) is 6.85. The van der Waals surface area contributed by atoms with Gasteiger partial charge in [-0.25, -0.2) is 0 Å². The van der Waals surface area contributed by atoms with E-state index in [4.69, 9.17) is 9.42 Å². The predicted molar refractivity (Wildman–Crippen MR) is 50.2 cm³/mol. The summed E-state index contributed by atoms with van der Waals surface area (Å²) in [6.07, 6.45) is 0. The summed E-state index contributed by atoms with van der Waals surface area (Å²) in [5.41, 5.74) is -0.0471. The number of hydrogen-bond donors (Lipinski definition) is 0. The fourth-order valence-electron chi connectivity index (χ4n) is 0.472. The molecule has 0 aliphatic heterocycles. The van der Waals surface area contributed by atoms with Crippen LogP contribution in [0.5, 0.6) is 0 Å². The van der Waals surface area contributed by atoms with Gasteiger partial charge in [0, 0.05) is 0 Å². The van der Waals surface area contributed by atoms with Crippen LogP contribution in [0.25, 0.3) is 0 Å².